The Labute approximate surface area is 186 Å². The zero-order chi connectivity index (χ0) is 19.2. The number of hydrogen-bond acceptors (Lipinski definition) is 0. The van der Waals surface area contributed by atoms with Crippen molar-refractivity contribution >= 4 is 26.2 Å². The fraction of sp³-hybridized carbons (Fsp3) is 0.250. The number of halogens is 1. The minimum absolute atomic E-state index is 0. The molecule has 0 N–H and O–H groups in total. The number of benzene rings is 3. The molecule has 0 aliphatic rings. The average molecular weight is 615 g/mol. The van der Waals surface area contributed by atoms with Crippen molar-refractivity contribution in [2.24, 2.45) is 0 Å². The SMILES string of the molecule is CC[PH](CC)(CC)[Au+][PH](c1ccccc1)(c1ccccc1)c1ccccc1.[Cl-]. The van der Waals surface area contributed by atoms with Crippen LogP contribution in [0.4, 0.5) is 0 Å². The van der Waals surface area contributed by atoms with Gasteiger partial charge in [0.25, 0.3) is 0 Å². The van der Waals surface area contributed by atoms with Crippen LogP contribution in [0.1, 0.15) is 20.8 Å². The second-order valence-corrected chi connectivity index (χ2v) is 31.3. The van der Waals surface area contributed by atoms with E-state index in [-0.39, 0.29) is 31.1 Å². The maximum absolute atomic E-state index is 2.47. The minimum Gasteiger partial charge on any atom is -1.00 e. The molecule has 0 bridgehead atoms. The van der Waals surface area contributed by atoms with Crippen LogP contribution in [0.3, 0.4) is 0 Å². The molecule has 0 nitrogen and oxygen atoms in total. The van der Waals surface area contributed by atoms with Gasteiger partial charge in [0.1, 0.15) is 0 Å². The van der Waals surface area contributed by atoms with E-state index in [1.54, 1.807) is 15.9 Å². The second kappa shape index (κ2) is 11.1. The molecule has 4 heteroatoms. The van der Waals surface area contributed by atoms with Crippen molar-refractivity contribution in [3.05, 3.63) is 91.0 Å². The molecule has 28 heavy (non-hydrogen) atoms. The molecule has 0 heterocycles. The third-order valence-corrected chi connectivity index (χ3v) is 44.8. The Kier molecular flexibility index (Phi) is 9.43. The second-order valence-electron chi connectivity index (χ2n) is 6.91. The summed E-state index contributed by atoms with van der Waals surface area (Å²) in [6.07, 6.45) is 4.26. The first-order valence-electron chi connectivity index (χ1n) is 9.97. The fourth-order valence-corrected chi connectivity index (χ4v) is 49.9. The molecule has 0 radical (unpaired) electrons. The van der Waals surface area contributed by atoms with E-state index in [0.29, 0.717) is 0 Å². The summed E-state index contributed by atoms with van der Waals surface area (Å²) in [4.78, 5) is 0. The molecular weight excluding hydrogens is 583 g/mol. The zero-order valence-corrected chi connectivity index (χ0v) is 21.9. The molecular formula is C24H32AuClP2. The van der Waals surface area contributed by atoms with Crippen LogP contribution in [0.2, 0.25) is 0 Å². The predicted octanol–water partition coefficient (Wildman–Crippen LogP) is 2.44. The first-order valence-corrected chi connectivity index (χ1v) is 20.7. The predicted molar refractivity (Wildman–Crippen MR) is 126 cm³/mol. The zero-order valence-electron chi connectivity index (χ0n) is 17.0. The van der Waals surface area contributed by atoms with Gasteiger partial charge in [0, 0.05) is 0 Å². The van der Waals surface area contributed by atoms with Gasteiger partial charge in [-0.3, -0.25) is 0 Å². The van der Waals surface area contributed by atoms with Crippen LogP contribution >= 0.6 is 10.3 Å². The molecule has 156 valence electrons. The Morgan fingerprint density at radius 3 is 1.07 bits per heavy atom. The fourth-order valence-electron chi connectivity index (χ4n) is 3.75. The van der Waals surface area contributed by atoms with Crippen LogP contribution in [-0.2, 0) is 18.7 Å². The van der Waals surface area contributed by atoms with E-state index >= 15 is 0 Å². The summed E-state index contributed by atoms with van der Waals surface area (Å²) >= 11 is 0.217. The van der Waals surface area contributed by atoms with E-state index in [2.05, 4.69) is 112 Å². The van der Waals surface area contributed by atoms with E-state index in [1.807, 2.05) is 0 Å². The van der Waals surface area contributed by atoms with Crippen molar-refractivity contribution in [2.45, 2.75) is 20.8 Å². The van der Waals surface area contributed by atoms with Crippen LogP contribution in [0.25, 0.3) is 0 Å². The Bertz CT molecular complexity index is 716. The van der Waals surface area contributed by atoms with Gasteiger partial charge in [0.05, 0.1) is 0 Å². The quantitative estimate of drug-likeness (QED) is 0.270. The first-order chi connectivity index (χ1) is 13.2. The summed E-state index contributed by atoms with van der Waals surface area (Å²) in [6, 6.07) is 34.5. The van der Waals surface area contributed by atoms with Crippen LogP contribution in [0, 0.1) is 0 Å². The first kappa shape index (κ1) is 23.8. The normalized spacial score (nSPS) is 13.0. The Morgan fingerprint density at radius 2 is 0.821 bits per heavy atom. The molecule has 0 aliphatic heterocycles. The molecule has 3 aromatic rings. The number of rotatable bonds is 8. The average Bonchev–Trinajstić information content (AvgIpc) is 2.77. The maximum atomic E-state index is 2.47. The molecule has 0 atom stereocenters. The summed E-state index contributed by atoms with van der Waals surface area (Å²) in [5, 5.41) is 1.62. The van der Waals surface area contributed by atoms with Gasteiger partial charge < -0.3 is 12.4 Å². The largest absolute Gasteiger partial charge is 1.00 e. The molecule has 3 rings (SSSR count). The molecule has 0 fully saturated rings. The van der Waals surface area contributed by atoms with Gasteiger partial charge in [0.2, 0.25) is 0 Å². The van der Waals surface area contributed by atoms with Gasteiger partial charge in [-0.05, 0) is 0 Å². The van der Waals surface area contributed by atoms with E-state index < -0.39 is 10.3 Å². The van der Waals surface area contributed by atoms with Crippen molar-refractivity contribution in [2.75, 3.05) is 18.5 Å². The third kappa shape index (κ3) is 4.82. The van der Waals surface area contributed by atoms with E-state index in [1.165, 1.54) is 18.5 Å². The van der Waals surface area contributed by atoms with E-state index in [4.69, 9.17) is 0 Å². The molecule has 0 spiro atoms. The van der Waals surface area contributed by atoms with E-state index in [0.717, 1.165) is 0 Å². The Balaban J connectivity index is 0.00000280. The number of hydrogen-bond donors (Lipinski definition) is 0. The van der Waals surface area contributed by atoms with Crippen LogP contribution in [0.5, 0.6) is 0 Å². The summed E-state index contributed by atoms with van der Waals surface area (Å²) in [7, 11) is 0. The van der Waals surface area contributed by atoms with E-state index in [9.17, 15) is 0 Å². The van der Waals surface area contributed by atoms with Crippen LogP contribution in [-0.4, -0.2) is 18.5 Å². The topological polar surface area (TPSA) is 0 Å². The summed E-state index contributed by atoms with van der Waals surface area (Å²) in [6.45, 7) is 7.40. The van der Waals surface area contributed by atoms with Crippen molar-refractivity contribution in [3.8, 4) is 0 Å². The van der Waals surface area contributed by atoms with Crippen molar-refractivity contribution in [1.82, 2.24) is 0 Å². The standard InChI is InChI=1S/C18H15P.C6H15P.Au.ClH/c1-4-10-16(11-5-1)19(17-12-6-2-7-13-17)18-14-8-3-9-15-18;1-4-7(5-2)6-3;;/h1-15H;4-6H2,1-3H3;;1H/q;;-1;/p+1. The van der Waals surface area contributed by atoms with Gasteiger partial charge in [-0.2, -0.15) is 0 Å². The minimum atomic E-state index is -1.96. The van der Waals surface area contributed by atoms with Gasteiger partial charge >= 0.3 is 175 Å². The van der Waals surface area contributed by atoms with Gasteiger partial charge in [0.15, 0.2) is 0 Å². The molecule has 0 saturated heterocycles. The molecule has 0 aromatic heterocycles. The molecule has 3 aromatic carbocycles. The third-order valence-electron chi connectivity index (χ3n) is 5.54. The van der Waals surface area contributed by atoms with Crippen LogP contribution in [0.15, 0.2) is 91.0 Å². The Hall–Kier alpha value is -0.450. The smallest absolute Gasteiger partial charge is 1.00 e. The molecule has 0 unspecified atom stereocenters. The van der Waals surface area contributed by atoms with Crippen molar-refractivity contribution < 1.29 is 31.1 Å². The van der Waals surface area contributed by atoms with Crippen molar-refractivity contribution in [3.63, 3.8) is 0 Å². The van der Waals surface area contributed by atoms with Crippen LogP contribution < -0.4 is 28.3 Å². The molecule has 0 saturated carbocycles. The molecule has 0 aliphatic carbocycles. The van der Waals surface area contributed by atoms with Gasteiger partial charge in [-0.15, -0.1) is 0 Å². The summed E-state index contributed by atoms with van der Waals surface area (Å²) < 4.78 is 0. The van der Waals surface area contributed by atoms with Gasteiger partial charge in [-0.25, -0.2) is 0 Å². The summed E-state index contributed by atoms with van der Waals surface area (Å²) in [5.41, 5.74) is 0. The monoisotopic (exact) mass is 614 g/mol. The van der Waals surface area contributed by atoms with Gasteiger partial charge in [-0.1, -0.05) is 0 Å². The molecule has 0 amide bonds. The maximum Gasteiger partial charge on any atom is -1.00 e. The Morgan fingerprint density at radius 1 is 0.536 bits per heavy atom. The summed E-state index contributed by atoms with van der Waals surface area (Å²) in [5.74, 6) is 0. The van der Waals surface area contributed by atoms with Crippen molar-refractivity contribution in [1.29, 1.82) is 0 Å².